The van der Waals surface area contributed by atoms with Gasteiger partial charge in [-0.15, -0.1) is 0 Å². The smallest absolute Gasteiger partial charge is 0.326 e. The number of carbonyl (C=O) groups is 7. The first-order chi connectivity index (χ1) is 13.5. The number of carboxylic acid groups (broad SMARTS) is 3. The Balaban J connectivity index is 3.05. The van der Waals surface area contributed by atoms with E-state index in [4.69, 9.17) is 15.9 Å². The molecule has 6 N–H and O–H groups in total. The van der Waals surface area contributed by atoms with Gasteiger partial charge in [0, 0.05) is 19.3 Å². The number of likely N-dealkylation sites (tertiary alicyclic amines) is 1. The van der Waals surface area contributed by atoms with Crippen LogP contribution in [0.2, 0.25) is 0 Å². The van der Waals surface area contributed by atoms with Crippen LogP contribution in [0.4, 0.5) is 0 Å². The lowest BCUT2D eigenvalue weighted by Crippen LogP contribution is -2.49. The van der Waals surface area contributed by atoms with Crippen molar-refractivity contribution in [3.63, 3.8) is 0 Å². The number of amides is 3. The Labute approximate surface area is 163 Å². The van der Waals surface area contributed by atoms with Gasteiger partial charge >= 0.3 is 17.9 Å². The lowest BCUT2D eigenvalue weighted by atomic mass is 9.93. The molecule has 1 saturated heterocycles. The molecule has 1 aliphatic rings. The van der Waals surface area contributed by atoms with Crippen molar-refractivity contribution in [2.24, 2.45) is 11.7 Å². The summed E-state index contributed by atoms with van der Waals surface area (Å²) in [5.74, 6) is -9.68. The molecule has 3 atom stereocenters. The molecule has 0 spiro atoms. The van der Waals surface area contributed by atoms with Gasteiger partial charge in [0.2, 0.25) is 17.7 Å². The number of rotatable bonds is 12. The van der Waals surface area contributed by atoms with Crippen molar-refractivity contribution in [3.8, 4) is 0 Å². The maximum absolute atomic E-state index is 12.7. The quantitative estimate of drug-likeness (QED) is 0.166. The lowest BCUT2D eigenvalue weighted by molar-refractivity contribution is -0.156. The fourth-order valence-corrected chi connectivity index (χ4v) is 2.87. The second-order valence-electron chi connectivity index (χ2n) is 6.30. The van der Waals surface area contributed by atoms with Gasteiger partial charge in [-0.25, -0.2) is 4.79 Å². The third-order valence-electron chi connectivity index (χ3n) is 4.27. The molecule has 160 valence electrons. The van der Waals surface area contributed by atoms with E-state index in [1.807, 2.05) is 0 Å². The van der Waals surface area contributed by atoms with Crippen molar-refractivity contribution in [1.29, 1.82) is 0 Å². The highest BCUT2D eigenvalue weighted by Gasteiger charge is 2.49. The van der Waals surface area contributed by atoms with Crippen molar-refractivity contribution in [3.05, 3.63) is 0 Å². The molecule has 3 amide bonds. The number of carbonyl (C=O) groups excluding carboxylic acids is 4. The average Bonchev–Trinajstić information content (AvgIpc) is 2.92. The SMILES string of the molecule is NCC(=O)N[C@@H](CCC(=O)O)C(=O)[C@H]1CC(=O)N([C@@H](CCC(=O)O)C(=O)O)C1=O. The Bertz CT molecular complexity index is 734. The Morgan fingerprint density at radius 1 is 1.03 bits per heavy atom. The predicted octanol–water partition coefficient (Wildman–Crippen LogP) is -2.44. The highest BCUT2D eigenvalue weighted by atomic mass is 16.4. The molecule has 1 aliphatic heterocycles. The van der Waals surface area contributed by atoms with E-state index in [0.717, 1.165) is 0 Å². The van der Waals surface area contributed by atoms with Crippen LogP contribution in [-0.4, -0.2) is 80.3 Å². The van der Waals surface area contributed by atoms with E-state index >= 15 is 0 Å². The van der Waals surface area contributed by atoms with Crippen LogP contribution in [0.5, 0.6) is 0 Å². The molecule has 0 bridgehead atoms. The van der Waals surface area contributed by atoms with Crippen molar-refractivity contribution in [2.75, 3.05) is 6.54 Å². The number of ketones is 1. The molecule has 0 aliphatic carbocycles. The minimum atomic E-state index is -1.76. The number of hydrogen-bond acceptors (Lipinski definition) is 8. The summed E-state index contributed by atoms with van der Waals surface area (Å²) in [6.07, 6.45) is -2.72. The molecular formula is C16H21N3O10. The standard InChI is InChI=1S/C16H21N3O10/c17-6-10(20)18-8(1-3-12(22)23)14(26)7-5-11(21)19(15(7)27)9(16(28)29)2-4-13(24)25/h7-9H,1-6,17H2,(H,18,20)(H,22,23)(H,24,25)(H,28,29)/t7-,8+,9+/m1/s1. The van der Waals surface area contributed by atoms with E-state index in [2.05, 4.69) is 5.32 Å². The summed E-state index contributed by atoms with van der Waals surface area (Å²) in [5.41, 5.74) is 5.15. The topological polar surface area (TPSA) is 221 Å². The van der Waals surface area contributed by atoms with E-state index in [0.29, 0.717) is 4.90 Å². The third-order valence-corrected chi connectivity index (χ3v) is 4.27. The van der Waals surface area contributed by atoms with Crippen molar-refractivity contribution in [2.45, 2.75) is 44.2 Å². The maximum atomic E-state index is 12.7. The third kappa shape index (κ3) is 6.34. The molecule has 1 heterocycles. The fraction of sp³-hybridized carbons (Fsp3) is 0.562. The van der Waals surface area contributed by atoms with Crippen LogP contribution < -0.4 is 11.1 Å². The number of nitrogens with zero attached hydrogens (tertiary/aromatic N) is 1. The summed E-state index contributed by atoms with van der Waals surface area (Å²) < 4.78 is 0. The first kappa shape index (κ1) is 23.7. The van der Waals surface area contributed by atoms with Gasteiger partial charge in [0.1, 0.15) is 12.0 Å². The minimum absolute atomic E-state index is 0.340. The summed E-state index contributed by atoms with van der Waals surface area (Å²) in [4.78, 5) is 82.2. The van der Waals surface area contributed by atoms with Gasteiger partial charge in [-0.2, -0.15) is 0 Å². The summed E-state index contributed by atoms with van der Waals surface area (Å²) in [7, 11) is 0. The van der Waals surface area contributed by atoms with Gasteiger partial charge < -0.3 is 26.4 Å². The van der Waals surface area contributed by atoms with Crippen LogP contribution in [-0.2, 0) is 33.6 Å². The van der Waals surface area contributed by atoms with E-state index in [1.54, 1.807) is 0 Å². The number of hydrogen-bond donors (Lipinski definition) is 5. The molecule has 13 heteroatoms. The van der Waals surface area contributed by atoms with Crippen LogP contribution in [0.3, 0.4) is 0 Å². The zero-order valence-electron chi connectivity index (χ0n) is 15.2. The number of nitrogens with two attached hydrogens (primary N) is 1. The van der Waals surface area contributed by atoms with Gasteiger partial charge in [0.15, 0.2) is 5.78 Å². The lowest BCUT2D eigenvalue weighted by Gasteiger charge is -2.23. The summed E-state index contributed by atoms with van der Waals surface area (Å²) >= 11 is 0. The van der Waals surface area contributed by atoms with E-state index in [-0.39, 0.29) is 6.42 Å². The molecule has 1 fully saturated rings. The molecular weight excluding hydrogens is 394 g/mol. The average molecular weight is 415 g/mol. The maximum Gasteiger partial charge on any atom is 0.326 e. The molecule has 0 unspecified atom stereocenters. The van der Waals surface area contributed by atoms with Crippen LogP contribution in [0.1, 0.15) is 32.1 Å². The molecule has 13 nitrogen and oxygen atoms in total. The van der Waals surface area contributed by atoms with Gasteiger partial charge in [-0.05, 0) is 12.8 Å². The summed E-state index contributed by atoms with van der Waals surface area (Å²) in [6, 6.07) is -3.17. The van der Waals surface area contributed by atoms with Gasteiger partial charge in [0.25, 0.3) is 0 Å². The van der Waals surface area contributed by atoms with Crippen LogP contribution in [0.25, 0.3) is 0 Å². The Morgan fingerprint density at radius 2 is 1.59 bits per heavy atom. The molecule has 0 radical (unpaired) electrons. The second kappa shape index (κ2) is 10.3. The number of nitrogens with one attached hydrogen (secondary N) is 1. The normalized spacial score (nSPS) is 18.2. The number of aliphatic carboxylic acids is 3. The monoisotopic (exact) mass is 415 g/mol. The molecule has 1 rings (SSSR count). The molecule has 29 heavy (non-hydrogen) atoms. The minimum Gasteiger partial charge on any atom is -0.481 e. The Morgan fingerprint density at radius 3 is 2.07 bits per heavy atom. The van der Waals surface area contributed by atoms with Crippen LogP contribution in [0.15, 0.2) is 0 Å². The zero-order chi connectivity index (χ0) is 22.3. The largest absolute Gasteiger partial charge is 0.481 e. The van der Waals surface area contributed by atoms with Gasteiger partial charge in [0.05, 0.1) is 12.6 Å². The molecule has 0 aromatic heterocycles. The highest BCUT2D eigenvalue weighted by Crippen LogP contribution is 2.26. The van der Waals surface area contributed by atoms with E-state index < -0.39 is 91.6 Å². The number of Topliss-reactive ketones (excluding diaryl/α,β-unsaturated/α-hetero) is 1. The Kier molecular flexibility index (Phi) is 8.38. The van der Waals surface area contributed by atoms with Crippen LogP contribution >= 0.6 is 0 Å². The van der Waals surface area contributed by atoms with Crippen LogP contribution in [0, 0.1) is 5.92 Å². The Hall–Kier alpha value is -3.35. The first-order valence-electron chi connectivity index (χ1n) is 8.55. The second-order valence-corrected chi connectivity index (χ2v) is 6.30. The summed E-state index contributed by atoms with van der Waals surface area (Å²) in [6.45, 7) is -0.503. The van der Waals surface area contributed by atoms with E-state index in [9.17, 15) is 38.7 Å². The van der Waals surface area contributed by atoms with Crippen molar-refractivity contribution in [1.82, 2.24) is 10.2 Å². The number of imide groups is 1. The van der Waals surface area contributed by atoms with Crippen molar-refractivity contribution >= 4 is 41.4 Å². The first-order valence-corrected chi connectivity index (χ1v) is 8.55. The fourth-order valence-electron chi connectivity index (χ4n) is 2.87. The molecule has 0 saturated carbocycles. The summed E-state index contributed by atoms with van der Waals surface area (Å²) in [5, 5.41) is 28.9. The van der Waals surface area contributed by atoms with E-state index in [1.165, 1.54) is 0 Å². The molecule has 0 aromatic carbocycles. The van der Waals surface area contributed by atoms with Gasteiger partial charge in [-0.3, -0.25) is 33.7 Å². The predicted molar refractivity (Wildman–Crippen MR) is 91.1 cm³/mol. The zero-order valence-corrected chi connectivity index (χ0v) is 15.2. The number of carboxylic acids is 3. The van der Waals surface area contributed by atoms with Crippen molar-refractivity contribution < 1.29 is 48.9 Å². The highest BCUT2D eigenvalue weighted by molar-refractivity contribution is 6.17. The molecule has 0 aromatic rings. The van der Waals surface area contributed by atoms with Gasteiger partial charge in [-0.1, -0.05) is 0 Å².